The molecule has 1 fully saturated rings. The molecule has 0 aromatic rings. The maximum absolute atomic E-state index is 11.5. The van der Waals surface area contributed by atoms with Gasteiger partial charge in [-0.25, -0.2) is 4.79 Å². The summed E-state index contributed by atoms with van der Waals surface area (Å²) >= 11 is 0. The Morgan fingerprint density at radius 3 is 2.50 bits per heavy atom. The van der Waals surface area contributed by atoms with Gasteiger partial charge in [0.05, 0.1) is 6.61 Å². The average Bonchev–Trinajstić information content (AvgIpc) is 2.18. The molecule has 1 saturated heterocycles. The first-order chi connectivity index (χ1) is 6.70. The van der Waals surface area contributed by atoms with Crippen LogP contribution in [0.5, 0.6) is 0 Å². The van der Waals surface area contributed by atoms with E-state index in [0.717, 1.165) is 32.4 Å². The first kappa shape index (κ1) is 11.3. The van der Waals surface area contributed by atoms with Crippen LogP contribution in [-0.4, -0.2) is 30.7 Å². The summed E-state index contributed by atoms with van der Waals surface area (Å²) in [6, 6.07) is 0. The number of carbonyl (C=O) groups is 1. The summed E-state index contributed by atoms with van der Waals surface area (Å²) in [7, 11) is 0. The summed E-state index contributed by atoms with van der Waals surface area (Å²) < 4.78 is 5.18. The van der Waals surface area contributed by atoms with E-state index in [-0.39, 0.29) is 6.09 Å². The van der Waals surface area contributed by atoms with E-state index in [1.165, 1.54) is 6.42 Å². The van der Waals surface area contributed by atoms with Crippen molar-refractivity contribution in [2.24, 2.45) is 5.92 Å². The smallest absolute Gasteiger partial charge is 0.409 e. The van der Waals surface area contributed by atoms with E-state index in [0.29, 0.717) is 12.5 Å². The van der Waals surface area contributed by atoms with Crippen LogP contribution in [0.1, 0.15) is 39.5 Å². The van der Waals surface area contributed by atoms with Crippen LogP contribution < -0.4 is 0 Å². The Hall–Kier alpha value is -0.730. The second-order valence-corrected chi connectivity index (χ2v) is 4.34. The van der Waals surface area contributed by atoms with Gasteiger partial charge in [0.2, 0.25) is 0 Å². The summed E-state index contributed by atoms with van der Waals surface area (Å²) in [6.45, 7) is 6.58. The van der Waals surface area contributed by atoms with Crippen molar-refractivity contribution < 1.29 is 9.53 Å². The molecule has 3 nitrogen and oxygen atoms in total. The number of hydrogen-bond donors (Lipinski definition) is 0. The molecule has 82 valence electrons. The fourth-order valence-corrected chi connectivity index (χ4v) is 1.55. The van der Waals surface area contributed by atoms with E-state index >= 15 is 0 Å². The van der Waals surface area contributed by atoms with E-state index in [1.54, 1.807) is 0 Å². The van der Waals surface area contributed by atoms with E-state index in [9.17, 15) is 4.79 Å². The third kappa shape index (κ3) is 3.99. The minimum atomic E-state index is -0.120. The van der Waals surface area contributed by atoms with Crippen molar-refractivity contribution in [1.29, 1.82) is 0 Å². The summed E-state index contributed by atoms with van der Waals surface area (Å²) in [5.74, 6) is 0.601. The molecular formula is C11H21NO2. The van der Waals surface area contributed by atoms with E-state index in [1.807, 2.05) is 4.90 Å². The number of nitrogens with zero attached hydrogens (tertiary/aromatic N) is 1. The van der Waals surface area contributed by atoms with Crippen molar-refractivity contribution in [3.8, 4) is 0 Å². The third-order valence-electron chi connectivity index (χ3n) is 2.53. The molecule has 0 saturated carbocycles. The third-order valence-corrected chi connectivity index (χ3v) is 2.53. The molecule has 3 heteroatoms. The van der Waals surface area contributed by atoms with Gasteiger partial charge >= 0.3 is 6.09 Å². The van der Waals surface area contributed by atoms with Crippen LogP contribution in [0.25, 0.3) is 0 Å². The number of piperidine rings is 1. The molecule has 1 aliphatic heterocycles. The predicted octanol–water partition coefficient (Wildman–Crippen LogP) is 2.66. The second-order valence-electron chi connectivity index (χ2n) is 4.34. The van der Waals surface area contributed by atoms with Gasteiger partial charge in [0.25, 0.3) is 0 Å². The zero-order chi connectivity index (χ0) is 10.4. The quantitative estimate of drug-likeness (QED) is 0.699. The highest BCUT2D eigenvalue weighted by Crippen LogP contribution is 2.10. The lowest BCUT2D eigenvalue weighted by molar-refractivity contribution is 0.0914. The zero-order valence-electron chi connectivity index (χ0n) is 9.29. The first-order valence-electron chi connectivity index (χ1n) is 5.62. The van der Waals surface area contributed by atoms with Crippen molar-refractivity contribution in [3.63, 3.8) is 0 Å². The lowest BCUT2D eigenvalue weighted by atomic mass is 10.1. The normalized spacial score (nSPS) is 17.2. The largest absolute Gasteiger partial charge is 0.449 e. The molecule has 1 heterocycles. The molecule has 0 aromatic heterocycles. The van der Waals surface area contributed by atoms with Crippen LogP contribution in [0.3, 0.4) is 0 Å². The number of amides is 1. The van der Waals surface area contributed by atoms with Crippen molar-refractivity contribution in [2.75, 3.05) is 19.7 Å². The molecule has 0 bridgehead atoms. The maximum Gasteiger partial charge on any atom is 0.409 e. The van der Waals surface area contributed by atoms with Crippen molar-refractivity contribution >= 4 is 6.09 Å². The van der Waals surface area contributed by atoms with Crippen molar-refractivity contribution in [3.05, 3.63) is 0 Å². The van der Waals surface area contributed by atoms with E-state index in [2.05, 4.69) is 13.8 Å². The van der Waals surface area contributed by atoms with Gasteiger partial charge in [0, 0.05) is 13.1 Å². The topological polar surface area (TPSA) is 29.5 Å². The van der Waals surface area contributed by atoms with Crippen LogP contribution >= 0.6 is 0 Å². The van der Waals surface area contributed by atoms with Crippen LogP contribution in [0, 0.1) is 5.92 Å². The Morgan fingerprint density at radius 1 is 1.29 bits per heavy atom. The lowest BCUT2D eigenvalue weighted by Crippen LogP contribution is -2.36. The highest BCUT2D eigenvalue weighted by molar-refractivity contribution is 5.67. The van der Waals surface area contributed by atoms with Gasteiger partial charge in [0.15, 0.2) is 0 Å². The highest BCUT2D eigenvalue weighted by Gasteiger charge is 2.17. The van der Waals surface area contributed by atoms with Gasteiger partial charge in [-0.05, 0) is 31.6 Å². The number of hydrogen-bond acceptors (Lipinski definition) is 2. The molecule has 0 N–H and O–H groups in total. The molecule has 1 rings (SSSR count). The van der Waals surface area contributed by atoms with Gasteiger partial charge in [-0.2, -0.15) is 0 Å². The molecule has 0 aromatic carbocycles. The number of carbonyl (C=O) groups excluding carboxylic acids is 1. The Balaban J connectivity index is 2.13. The highest BCUT2D eigenvalue weighted by atomic mass is 16.6. The number of rotatable bonds is 3. The minimum Gasteiger partial charge on any atom is -0.449 e. The van der Waals surface area contributed by atoms with E-state index < -0.39 is 0 Å². The molecule has 0 atom stereocenters. The molecule has 1 amide bonds. The van der Waals surface area contributed by atoms with Crippen molar-refractivity contribution in [2.45, 2.75) is 39.5 Å². The molecular weight excluding hydrogens is 178 g/mol. The lowest BCUT2D eigenvalue weighted by Gasteiger charge is -2.25. The van der Waals surface area contributed by atoms with Crippen LogP contribution in [0.4, 0.5) is 4.79 Å². The predicted molar refractivity (Wildman–Crippen MR) is 56.2 cm³/mol. The SMILES string of the molecule is CC(C)CCOC(=O)N1CCCCC1. The summed E-state index contributed by atoms with van der Waals surface area (Å²) in [4.78, 5) is 13.3. The Labute approximate surface area is 86.4 Å². The molecule has 1 aliphatic rings. The first-order valence-corrected chi connectivity index (χ1v) is 5.62. The van der Waals surface area contributed by atoms with Crippen LogP contribution in [-0.2, 0) is 4.74 Å². The Bertz CT molecular complexity index is 174. The monoisotopic (exact) mass is 199 g/mol. The standard InChI is InChI=1S/C11H21NO2/c1-10(2)6-9-14-11(13)12-7-4-3-5-8-12/h10H,3-9H2,1-2H3. The molecule has 0 radical (unpaired) electrons. The fraction of sp³-hybridized carbons (Fsp3) is 0.909. The molecule has 0 spiro atoms. The minimum absolute atomic E-state index is 0.120. The van der Waals surface area contributed by atoms with Crippen LogP contribution in [0.2, 0.25) is 0 Å². The molecule has 0 unspecified atom stereocenters. The Morgan fingerprint density at radius 2 is 1.93 bits per heavy atom. The fourth-order valence-electron chi connectivity index (χ4n) is 1.55. The van der Waals surface area contributed by atoms with E-state index in [4.69, 9.17) is 4.74 Å². The van der Waals surface area contributed by atoms with Gasteiger partial charge in [0.1, 0.15) is 0 Å². The van der Waals surface area contributed by atoms with Gasteiger partial charge < -0.3 is 9.64 Å². The average molecular weight is 199 g/mol. The summed E-state index contributed by atoms with van der Waals surface area (Å²) in [5, 5.41) is 0. The molecule has 14 heavy (non-hydrogen) atoms. The Kier molecular flexibility index (Phi) is 4.77. The van der Waals surface area contributed by atoms with Gasteiger partial charge in [-0.3, -0.25) is 0 Å². The van der Waals surface area contributed by atoms with Gasteiger partial charge in [-0.15, -0.1) is 0 Å². The van der Waals surface area contributed by atoms with Crippen LogP contribution in [0.15, 0.2) is 0 Å². The summed E-state index contributed by atoms with van der Waals surface area (Å²) in [5.41, 5.74) is 0. The number of likely N-dealkylation sites (tertiary alicyclic amines) is 1. The van der Waals surface area contributed by atoms with Crippen molar-refractivity contribution in [1.82, 2.24) is 4.90 Å². The maximum atomic E-state index is 11.5. The zero-order valence-corrected chi connectivity index (χ0v) is 9.29. The summed E-state index contributed by atoms with van der Waals surface area (Å²) in [6.07, 6.45) is 4.33. The van der Waals surface area contributed by atoms with Gasteiger partial charge in [-0.1, -0.05) is 13.8 Å². The second kappa shape index (κ2) is 5.89. The molecule has 0 aliphatic carbocycles. The number of ether oxygens (including phenoxy) is 1.